The van der Waals surface area contributed by atoms with E-state index in [1.54, 1.807) is 7.05 Å². The van der Waals surface area contributed by atoms with Crippen LogP contribution in [0.3, 0.4) is 0 Å². The van der Waals surface area contributed by atoms with E-state index in [2.05, 4.69) is 17.0 Å². The molecule has 0 saturated heterocycles. The highest BCUT2D eigenvalue weighted by atomic mass is 32.2. The van der Waals surface area contributed by atoms with Gasteiger partial charge in [-0.2, -0.15) is 17.4 Å². The fourth-order valence-corrected chi connectivity index (χ4v) is 3.81. The molecule has 2 atom stereocenters. The molecule has 0 amide bonds. The molecule has 0 radical (unpaired) electrons. The molecule has 2 fully saturated rings. The third-order valence-electron chi connectivity index (χ3n) is 4.08. The van der Waals surface area contributed by atoms with Crippen LogP contribution in [0.25, 0.3) is 0 Å². The van der Waals surface area contributed by atoms with Crippen LogP contribution < -0.4 is 10.0 Å². The molecule has 19 heavy (non-hydrogen) atoms. The molecule has 2 unspecified atom stereocenters. The van der Waals surface area contributed by atoms with Crippen molar-refractivity contribution in [2.24, 2.45) is 5.92 Å². The van der Waals surface area contributed by atoms with E-state index in [0.717, 1.165) is 32.2 Å². The van der Waals surface area contributed by atoms with E-state index in [-0.39, 0.29) is 6.04 Å². The Labute approximate surface area is 117 Å². The minimum atomic E-state index is -3.30. The van der Waals surface area contributed by atoms with Crippen molar-refractivity contribution >= 4 is 10.2 Å². The zero-order valence-electron chi connectivity index (χ0n) is 12.1. The maximum Gasteiger partial charge on any atom is 0.279 e. The summed E-state index contributed by atoms with van der Waals surface area (Å²) in [6.07, 6.45) is 6.48. The van der Waals surface area contributed by atoms with Gasteiger partial charge in [0.25, 0.3) is 10.2 Å². The van der Waals surface area contributed by atoms with Gasteiger partial charge in [0.1, 0.15) is 0 Å². The maximum atomic E-state index is 12.1. The van der Waals surface area contributed by atoms with Crippen LogP contribution in [0.2, 0.25) is 0 Å². The van der Waals surface area contributed by atoms with Crippen LogP contribution in [-0.2, 0) is 10.2 Å². The first-order valence-corrected chi connectivity index (χ1v) is 8.88. The summed E-state index contributed by atoms with van der Waals surface area (Å²) in [6.45, 7) is 3.67. The van der Waals surface area contributed by atoms with Crippen molar-refractivity contribution in [1.82, 2.24) is 14.3 Å². The third kappa shape index (κ3) is 5.02. The summed E-state index contributed by atoms with van der Waals surface area (Å²) >= 11 is 0. The highest BCUT2D eigenvalue weighted by molar-refractivity contribution is 7.87. The summed E-state index contributed by atoms with van der Waals surface area (Å²) in [5.41, 5.74) is 0. The molecule has 6 heteroatoms. The molecule has 0 spiro atoms. The molecule has 0 aromatic carbocycles. The average Bonchev–Trinajstić information content (AvgIpc) is 3.08. The maximum absolute atomic E-state index is 12.1. The van der Waals surface area contributed by atoms with Crippen LogP contribution in [0.5, 0.6) is 0 Å². The van der Waals surface area contributed by atoms with E-state index in [1.165, 1.54) is 17.1 Å². The largest absolute Gasteiger partial charge is 0.314 e. The molecular weight excluding hydrogens is 262 g/mol. The Bertz CT molecular complexity index is 381. The lowest BCUT2D eigenvalue weighted by molar-refractivity contribution is 0.433. The molecule has 2 aliphatic rings. The number of nitrogens with one attached hydrogen (secondary N) is 2. The first-order chi connectivity index (χ1) is 8.97. The normalized spacial score (nSPS) is 28.2. The zero-order valence-corrected chi connectivity index (χ0v) is 12.9. The Morgan fingerprint density at radius 1 is 1.16 bits per heavy atom. The number of nitrogens with zero attached hydrogens (tertiary/aromatic N) is 1. The van der Waals surface area contributed by atoms with E-state index in [4.69, 9.17) is 0 Å². The van der Waals surface area contributed by atoms with Gasteiger partial charge in [0.2, 0.25) is 0 Å². The number of hydrogen-bond donors (Lipinski definition) is 2. The Kier molecular flexibility index (Phi) is 5.22. The van der Waals surface area contributed by atoms with Crippen LogP contribution in [0.1, 0.15) is 45.4 Å². The first-order valence-electron chi connectivity index (χ1n) is 7.44. The van der Waals surface area contributed by atoms with Crippen molar-refractivity contribution < 1.29 is 8.42 Å². The van der Waals surface area contributed by atoms with Gasteiger partial charge in [-0.05, 0) is 51.0 Å². The van der Waals surface area contributed by atoms with Crippen molar-refractivity contribution in [3.05, 3.63) is 0 Å². The van der Waals surface area contributed by atoms with E-state index in [1.807, 2.05) is 0 Å². The molecule has 2 rings (SSSR count). The SMILES string of the molecule is CC1CCC(NS(=O)(=O)N(C)CCCNC2CC2)C1. The van der Waals surface area contributed by atoms with Gasteiger partial charge in [0.05, 0.1) is 0 Å². The van der Waals surface area contributed by atoms with Gasteiger partial charge in [-0.3, -0.25) is 0 Å². The molecule has 0 aromatic heterocycles. The first kappa shape index (κ1) is 15.2. The predicted molar refractivity (Wildman–Crippen MR) is 77.1 cm³/mol. The monoisotopic (exact) mass is 289 g/mol. The Morgan fingerprint density at radius 3 is 2.42 bits per heavy atom. The lowest BCUT2D eigenvalue weighted by Crippen LogP contribution is -2.43. The molecule has 2 aliphatic carbocycles. The average molecular weight is 289 g/mol. The molecule has 0 bridgehead atoms. The minimum absolute atomic E-state index is 0.132. The number of rotatable bonds is 8. The van der Waals surface area contributed by atoms with Crippen LogP contribution in [-0.4, -0.2) is 44.9 Å². The molecular formula is C13H27N3O2S. The quantitative estimate of drug-likeness (QED) is 0.657. The second-order valence-corrected chi connectivity index (χ2v) is 7.95. The van der Waals surface area contributed by atoms with Crippen molar-refractivity contribution in [2.45, 2.75) is 57.5 Å². The van der Waals surface area contributed by atoms with Crippen LogP contribution in [0.4, 0.5) is 0 Å². The molecule has 0 heterocycles. The molecule has 2 N–H and O–H groups in total. The van der Waals surface area contributed by atoms with Crippen molar-refractivity contribution in [3.8, 4) is 0 Å². The van der Waals surface area contributed by atoms with Crippen LogP contribution >= 0.6 is 0 Å². The molecule has 2 saturated carbocycles. The number of hydrogen-bond acceptors (Lipinski definition) is 3. The van der Waals surface area contributed by atoms with Gasteiger partial charge >= 0.3 is 0 Å². The standard InChI is InChI=1S/C13H27N3O2S/c1-11-4-5-13(10-11)15-19(17,18)16(2)9-3-8-14-12-6-7-12/h11-15H,3-10H2,1-2H3. The summed E-state index contributed by atoms with van der Waals surface area (Å²) in [4.78, 5) is 0. The van der Waals surface area contributed by atoms with Gasteiger partial charge in [0.15, 0.2) is 0 Å². The fourth-order valence-electron chi connectivity index (χ4n) is 2.63. The van der Waals surface area contributed by atoms with Crippen molar-refractivity contribution in [1.29, 1.82) is 0 Å². The zero-order chi connectivity index (χ0) is 13.9. The summed E-state index contributed by atoms with van der Waals surface area (Å²) < 4.78 is 28.5. The summed E-state index contributed by atoms with van der Waals surface area (Å²) in [6, 6.07) is 0.826. The van der Waals surface area contributed by atoms with Gasteiger partial charge in [0, 0.05) is 25.7 Å². The van der Waals surface area contributed by atoms with E-state index < -0.39 is 10.2 Å². The lowest BCUT2D eigenvalue weighted by atomic mass is 10.1. The fraction of sp³-hybridized carbons (Fsp3) is 1.00. The van der Waals surface area contributed by atoms with Gasteiger partial charge in [-0.25, -0.2) is 0 Å². The van der Waals surface area contributed by atoms with Gasteiger partial charge in [-0.1, -0.05) is 6.92 Å². The van der Waals surface area contributed by atoms with Crippen molar-refractivity contribution in [2.75, 3.05) is 20.1 Å². The smallest absolute Gasteiger partial charge is 0.279 e. The highest BCUT2D eigenvalue weighted by Gasteiger charge is 2.27. The van der Waals surface area contributed by atoms with Gasteiger partial charge in [-0.15, -0.1) is 0 Å². The van der Waals surface area contributed by atoms with E-state index >= 15 is 0 Å². The van der Waals surface area contributed by atoms with Gasteiger partial charge < -0.3 is 5.32 Å². The van der Waals surface area contributed by atoms with E-state index in [0.29, 0.717) is 18.5 Å². The van der Waals surface area contributed by atoms with Crippen LogP contribution in [0.15, 0.2) is 0 Å². The third-order valence-corrected chi connectivity index (χ3v) is 5.72. The Morgan fingerprint density at radius 2 is 1.84 bits per heavy atom. The Balaban J connectivity index is 1.67. The molecule has 5 nitrogen and oxygen atoms in total. The molecule has 0 aliphatic heterocycles. The minimum Gasteiger partial charge on any atom is -0.314 e. The van der Waals surface area contributed by atoms with Crippen LogP contribution in [0, 0.1) is 5.92 Å². The second kappa shape index (κ2) is 6.52. The van der Waals surface area contributed by atoms with Crippen molar-refractivity contribution in [3.63, 3.8) is 0 Å². The second-order valence-electron chi connectivity index (χ2n) is 6.14. The predicted octanol–water partition coefficient (Wildman–Crippen LogP) is 1.08. The Hall–Kier alpha value is -0.170. The molecule has 0 aromatic rings. The molecule has 112 valence electrons. The summed E-state index contributed by atoms with van der Waals surface area (Å²) in [5, 5.41) is 3.40. The van der Waals surface area contributed by atoms with E-state index in [9.17, 15) is 8.42 Å². The highest BCUT2D eigenvalue weighted by Crippen LogP contribution is 2.25. The lowest BCUT2D eigenvalue weighted by Gasteiger charge is -2.20. The summed E-state index contributed by atoms with van der Waals surface area (Å²) in [5.74, 6) is 0.640. The summed E-state index contributed by atoms with van der Waals surface area (Å²) in [7, 11) is -1.63. The topological polar surface area (TPSA) is 61.4 Å².